The van der Waals surface area contributed by atoms with Gasteiger partial charge in [-0.1, -0.05) is 27.5 Å². The second kappa shape index (κ2) is 6.36. The van der Waals surface area contributed by atoms with E-state index in [1.165, 1.54) is 0 Å². The summed E-state index contributed by atoms with van der Waals surface area (Å²) in [5, 5.41) is 0.648. The summed E-state index contributed by atoms with van der Waals surface area (Å²) in [4.78, 5) is 0. The molecular weight excluding hydrogens is 277 g/mol. The van der Waals surface area contributed by atoms with Gasteiger partial charge in [0.25, 0.3) is 0 Å². The molecular formula is C11H15BrClNO. The number of hydrogen-bond acceptors (Lipinski definition) is 2. The van der Waals surface area contributed by atoms with Gasteiger partial charge in [-0.15, -0.1) is 0 Å². The molecule has 0 aromatic heterocycles. The highest BCUT2D eigenvalue weighted by Crippen LogP contribution is 2.31. The van der Waals surface area contributed by atoms with Gasteiger partial charge in [-0.3, -0.25) is 0 Å². The molecule has 2 N–H and O–H groups in total. The van der Waals surface area contributed by atoms with Crippen LogP contribution in [0.15, 0.2) is 16.6 Å². The van der Waals surface area contributed by atoms with E-state index in [-0.39, 0.29) is 0 Å². The maximum Gasteiger partial charge on any atom is 0.140 e. The predicted octanol–water partition coefficient (Wildman–Crippen LogP) is 3.53. The molecule has 1 aromatic rings. The lowest BCUT2D eigenvalue weighted by atomic mass is 10.2. The van der Waals surface area contributed by atoms with E-state index in [0.29, 0.717) is 18.2 Å². The van der Waals surface area contributed by atoms with E-state index in [4.69, 9.17) is 22.1 Å². The van der Waals surface area contributed by atoms with Crippen molar-refractivity contribution in [2.24, 2.45) is 5.73 Å². The standard InChI is InChI=1S/C11H15BrClNO/c1-8-6-9(12)7-10(13)11(8)15-5-3-2-4-14/h6-7H,2-5,14H2,1H3. The number of nitrogens with two attached hydrogens (primary N) is 1. The lowest BCUT2D eigenvalue weighted by Gasteiger charge is -2.11. The molecule has 0 unspecified atom stereocenters. The van der Waals surface area contributed by atoms with E-state index in [1.807, 2.05) is 19.1 Å². The Morgan fingerprint density at radius 1 is 1.40 bits per heavy atom. The molecule has 0 radical (unpaired) electrons. The van der Waals surface area contributed by atoms with Crippen molar-refractivity contribution in [3.8, 4) is 5.75 Å². The van der Waals surface area contributed by atoms with Crippen molar-refractivity contribution < 1.29 is 4.74 Å². The van der Waals surface area contributed by atoms with E-state index >= 15 is 0 Å². The number of unbranched alkanes of at least 4 members (excludes halogenated alkanes) is 1. The van der Waals surface area contributed by atoms with Gasteiger partial charge in [0.15, 0.2) is 0 Å². The molecule has 15 heavy (non-hydrogen) atoms. The molecule has 0 bridgehead atoms. The van der Waals surface area contributed by atoms with Crippen LogP contribution in [0.1, 0.15) is 18.4 Å². The molecule has 0 heterocycles. The highest BCUT2D eigenvalue weighted by Gasteiger charge is 2.06. The van der Waals surface area contributed by atoms with Crippen molar-refractivity contribution in [2.75, 3.05) is 13.2 Å². The molecule has 0 fully saturated rings. The fraction of sp³-hybridized carbons (Fsp3) is 0.455. The average Bonchev–Trinajstić information content (AvgIpc) is 2.15. The van der Waals surface area contributed by atoms with Crippen LogP contribution in [0.4, 0.5) is 0 Å². The summed E-state index contributed by atoms with van der Waals surface area (Å²) in [5.74, 6) is 0.775. The van der Waals surface area contributed by atoms with E-state index in [0.717, 1.165) is 28.6 Å². The van der Waals surface area contributed by atoms with E-state index in [2.05, 4.69) is 15.9 Å². The lowest BCUT2D eigenvalue weighted by Crippen LogP contribution is -2.04. The van der Waals surface area contributed by atoms with Gasteiger partial charge in [-0.05, 0) is 44.0 Å². The van der Waals surface area contributed by atoms with Crippen LogP contribution in [0.3, 0.4) is 0 Å². The molecule has 4 heteroatoms. The second-order valence-electron chi connectivity index (χ2n) is 3.38. The minimum Gasteiger partial charge on any atom is -0.492 e. The highest BCUT2D eigenvalue weighted by atomic mass is 79.9. The van der Waals surface area contributed by atoms with Gasteiger partial charge in [0.2, 0.25) is 0 Å². The number of halogens is 2. The second-order valence-corrected chi connectivity index (χ2v) is 4.70. The fourth-order valence-electron chi connectivity index (χ4n) is 1.29. The average molecular weight is 293 g/mol. The first kappa shape index (κ1) is 12.8. The van der Waals surface area contributed by atoms with Crippen molar-refractivity contribution >= 4 is 27.5 Å². The van der Waals surface area contributed by atoms with Crippen molar-refractivity contribution in [3.63, 3.8) is 0 Å². The van der Waals surface area contributed by atoms with Crippen LogP contribution in [0.2, 0.25) is 5.02 Å². The Balaban J connectivity index is 2.60. The van der Waals surface area contributed by atoms with Gasteiger partial charge >= 0.3 is 0 Å². The summed E-state index contributed by atoms with van der Waals surface area (Å²) in [7, 11) is 0. The summed E-state index contributed by atoms with van der Waals surface area (Å²) >= 11 is 9.45. The molecule has 0 aliphatic heterocycles. The maximum absolute atomic E-state index is 6.07. The summed E-state index contributed by atoms with van der Waals surface area (Å²) in [6.07, 6.45) is 1.94. The first-order chi connectivity index (χ1) is 7.15. The third-order valence-electron chi connectivity index (χ3n) is 2.04. The molecule has 0 atom stereocenters. The molecule has 0 aliphatic carbocycles. The van der Waals surface area contributed by atoms with Gasteiger partial charge in [0.1, 0.15) is 5.75 Å². The van der Waals surface area contributed by atoms with Crippen molar-refractivity contribution in [2.45, 2.75) is 19.8 Å². The van der Waals surface area contributed by atoms with Crippen LogP contribution in [-0.2, 0) is 0 Å². The van der Waals surface area contributed by atoms with Crippen LogP contribution in [0.25, 0.3) is 0 Å². The molecule has 0 aliphatic rings. The maximum atomic E-state index is 6.07. The molecule has 1 aromatic carbocycles. The number of aryl methyl sites for hydroxylation is 1. The van der Waals surface area contributed by atoms with Crippen LogP contribution in [0, 0.1) is 6.92 Å². The zero-order valence-corrected chi connectivity index (χ0v) is 11.1. The summed E-state index contributed by atoms with van der Waals surface area (Å²) in [6, 6.07) is 3.83. The summed E-state index contributed by atoms with van der Waals surface area (Å²) in [5.41, 5.74) is 6.44. The topological polar surface area (TPSA) is 35.2 Å². The van der Waals surface area contributed by atoms with E-state index < -0.39 is 0 Å². The van der Waals surface area contributed by atoms with E-state index in [1.54, 1.807) is 0 Å². The number of benzene rings is 1. The van der Waals surface area contributed by atoms with E-state index in [9.17, 15) is 0 Å². The zero-order chi connectivity index (χ0) is 11.3. The normalized spacial score (nSPS) is 10.4. The van der Waals surface area contributed by atoms with Gasteiger partial charge in [-0.25, -0.2) is 0 Å². The molecule has 0 amide bonds. The number of hydrogen-bond donors (Lipinski definition) is 1. The quantitative estimate of drug-likeness (QED) is 0.843. The third kappa shape index (κ3) is 4.01. The SMILES string of the molecule is Cc1cc(Br)cc(Cl)c1OCCCCN. The Labute approximate surface area is 104 Å². The molecule has 0 saturated carbocycles. The van der Waals surface area contributed by atoms with Crippen molar-refractivity contribution in [1.82, 2.24) is 0 Å². The van der Waals surface area contributed by atoms with Crippen LogP contribution in [0.5, 0.6) is 5.75 Å². The first-order valence-corrected chi connectivity index (χ1v) is 6.10. The largest absolute Gasteiger partial charge is 0.492 e. The Morgan fingerprint density at radius 3 is 2.73 bits per heavy atom. The summed E-state index contributed by atoms with van der Waals surface area (Å²) in [6.45, 7) is 3.35. The van der Waals surface area contributed by atoms with Crippen LogP contribution >= 0.6 is 27.5 Å². The molecule has 84 valence electrons. The minimum atomic E-state index is 0.648. The van der Waals surface area contributed by atoms with Crippen molar-refractivity contribution in [1.29, 1.82) is 0 Å². The van der Waals surface area contributed by atoms with Gasteiger partial charge in [0.05, 0.1) is 11.6 Å². The molecule has 0 spiro atoms. The number of rotatable bonds is 5. The van der Waals surface area contributed by atoms with Crippen LogP contribution < -0.4 is 10.5 Å². The summed E-state index contributed by atoms with van der Waals surface area (Å²) < 4.78 is 6.59. The van der Waals surface area contributed by atoms with Gasteiger partial charge < -0.3 is 10.5 Å². The molecule has 0 saturated heterocycles. The Hall–Kier alpha value is -0.250. The first-order valence-electron chi connectivity index (χ1n) is 4.93. The number of ether oxygens (including phenoxy) is 1. The Bertz CT molecular complexity index is 307. The van der Waals surface area contributed by atoms with Gasteiger partial charge in [-0.2, -0.15) is 0 Å². The monoisotopic (exact) mass is 291 g/mol. The van der Waals surface area contributed by atoms with Crippen LogP contribution in [-0.4, -0.2) is 13.2 Å². The smallest absolute Gasteiger partial charge is 0.140 e. The molecule has 1 rings (SSSR count). The highest BCUT2D eigenvalue weighted by molar-refractivity contribution is 9.10. The lowest BCUT2D eigenvalue weighted by molar-refractivity contribution is 0.306. The fourth-order valence-corrected chi connectivity index (χ4v) is 2.32. The third-order valence-corrected chi connectivity index (χ3v) is 2.78. The Morgan fingerprint density at radius 2 is 2.13 bits per heavy atom. The van der Waals surface area contributed by atoms with Gasteiger partial charge in [0, 0.05) is 4.47 Å². The predicted molar refractivity (Wildman–Crippen MR) is 67.7 cm³/mol. The Kier molecular flexibility index (Phi) is 5.43. The van der Waals surface area contributed by atoms with Crippen molar-refractivity contribution in [3.05, 3.63) is 27.2 Å². The minimum absolute atomic E-state index is 0.648. The molecule has 2 nitrogen and oxygen atoms in total. The zero-order valence-electron chi connectivity index (χ0n) is 8.72.